The highest BCUT2D eigenvalue weighted by atomic mass is 35.5. The molecule has 0 atom stereocenters. The summed E-state index contributed by atoms with van der Waals surface area (Å²) in [6.07, 6.45) is 1.47. The first-order valence-electron chi connectivity index (χ1n) is 7.30. The molecule has 0 unspecified atom stereocenters. The maximum Gasteiger partial charge on any atom is 0.257 e. The Morgan fingerprint density at radius 2 is 1.88 bits per heavy atom. The first-order valence-corrected chi connectivity index (χ1v) is 7.68. The molecule has 0 radical (unpaired) electrons. The molecule has 2 aromatic rings. The van der Waals surface area contributed by atoms with Gasteiger partial charge in [-0.15, -0.1) is 0 Å². The molecule has 0 saturated heterocycles. The Bertz CT molecular complexity index is 717. The van der Waals surface area contributed by atoms with Crippen LogP contribution in [0.5, 0.6) is 17.4 Å². The lowest BCUT2D eigenvalue weighted by molar-refractivity contribution is 0.102. The van der Waals surface area contributed by atoms with Gasteiger partial charge in [-0.2, -0.15) is 0 Å². The third-order valence-electron chi connectivity index (χ3n) is 3.08. The Balaban J connectivity index is 2.18. The number of aromatic nitrogens is 1. The van der Waals surface area contributed by atoms with Crippen LogP contribution in [0.2, 0.25) is 5.02 Å². The number of rotatable bonds is 6. The normalized spacial score (nSPS) is 10.4. The average molecular weight is 351 g/mol. The van der Waals surface area contributed by atoms with Crippen LogP contribution in [-0.4, -0.2) is 31.2 Å². The van der Waals surface area contributed by atoms with Crippen molar-refractivity contribution in [3.8, 4) is 17.4 Å². The summed E-state index contributed by atoms with van der Waals surface area (Å²) in [7, 11) is 3.00. The van der Waals surface area contributed by atoms with Gasteiger partial charge in [0.25, 0.3) is 5.91 Å². The van der Waals surface area contributed by atoms with Gasteiger partial charge in [0, 0.05) is 18.3 Å². The highest BCUT2D eigenvalue weighted by molar-refractivity contribution is 6.32. The highest BCUT2D eigenvalue weighted by Crippen LogP contribution is 2.36. The van der Waals surface area contributed by atoms with Crippen molar-refractivity contribution in [2.24, 2.45) is 0 Å². The van der Waals surface area contributed by atoms with Gasteiger partial charge in [0.2, 0.25) is 5.88 Å². The molecule has 0 aliphatic rings. The Kier molecular flexibility index (Phi) is 5.87. The summed E-state index contributed by atoms with van der Waals surface area (Å²) < 4.78 is 15.8. The first kappa shape index (κ1) is 17.9. The van der Waals surface area contributed by atoms with Gasteiger partial charge in [0.1, 0.15) is 11.5 Å². The van der Waals surface area contributed by atoms with E-state index in [4.69, 9.17) is 25.8 Å². The second-order valence-corrected chi connectivity index (χ2v) is 5.60. The van der Waals surface area contributed by atoms with Crippen molar-refractivity contribution in [2.75, 3.05) is 19.5 Å². The Morgan fingerprint density at radius 1 is 1.17 bits per heavy atom. The van der Waals surface area contributed by atoms with Crippen molar-refractivity contribution < 1.29 is 19.0 Å². The number of ether oxygens (including phenoxy) is 3. The van der Waals surface area contributed by atoms with E-state index in [-0.39, 0.29) is 12.0 Å². The third-order valence-corrected chi connectivity index (χ3v) is 3.37. The fourth-order valence-electron chi connectivity index (χ4n) is 1.98. The molecule has 0 aliphatic heterocycles. The summed E-state index contributed by atoms with van der Waals surface area (Å²) in [5.74, 6) is 1.03. The lowest BCUT2D eigenvalue weighted by atomic mass is 10.2. The van der Waals surface area contributed by atoms with E-state index in [2.05, 4.69) is 10.3 Å². The number of pyridine rings is 1. The van der Waals surface area contributed by atoms with Crippen molar-refractivity contribution in [3.63, 3.8) is 0 Å². The molecule has 1 aromatic heterocycles. The van der Waals surface area contributed by atoms with Gasteiger partial charge in [0.05, 0.1) is 36.6 Å². The van der Waals surface area contributed by atoms with Crippen molar-refractivity contribution >= 4 is 23.2 Å². The molecule has 0 saturated carbocycles. The molecule has 7 heteroatoms. The van der Waals surface area contributed by atoms with Gasteiger partial charge in [-0.05, 0) is 26.0 Å². The van der Waals surface area contributed by atoms with E-state index in [1.807, 2.05) is 13.8 Å². The topological polar surface area (TPSA) is 69.7 Å². The van der Waals surface area contributed by atoms with E-state index in [0.717, 1.165) is 0 Å². The Hall–Kier alpha value is -2.47. The SMILES string of the molecule is COc1cc(OC)c(NC(=O)c2ccc(OC(C)C)nc2)cc1Cl. The molecule has 0 spiro atoms. The lowest BCUT2D eigenvalue weighted by Gasteiger charge is -2.13. The molecule has 1 N–H and O–H groups in total. The zero-order chi connectivity index (χ0) is 17.7. The van der Waals surface area contributed by atoms with Gasteiger partial charge < -0.3 is 19.5 Å². The standard InChI is InChI=1S/C17H19ClN2O4/c1-10(2)24-16-6-5-11(9-19-16)17(21)20-13-7-12(18)14(22-3)8-15(13)23-4/h5-10H,1-4H3,(H,20,21). The molecule has 0 fully saturated rings. The number of carbonyl (C=O) groups excluding carboxylic acids is 1. The maximum absolute atomic E-state index is 12.4. The van der Waals surface area contributed by atoms with E-state index >= 15 is 0 Å². The van der Waals surface area contributed by atoms with Gasteiger partial charge in [0.15, 0.2) is 0 Å². The zero-order valence-electron chi connectivity index (χ0n) is 13.9. The van der Waals surface area contributed by atoms with E-state index in [9.17, 15) is 4.79 Å². The van der Waals surface area contributed by atoms with Crippen LogP contribution in [0.4, 0.5) is 5.69 Å². The number of benzene rings is 1. The maximum atomic E-state index is 12.4. The number of nitrogens with zero attached hydrogens (tertiary/aromatic N) is 1. The molecule has 1 heterocycles. The van der Waals surface area contributed by atoms with Crippen molar-refractivity contribution in [3.05, 3.63) is 41.0 Å². The van der Waals surface area contributed by atoms with Crippen molar-refractivity contribution in [1.29, 1.82) is 0 Å². The minimum Gasteiger partial charge on any atom is -0.495 e. The van der Waals surface area contributed by atoms with Crippen LogP contribution in [0.3, 0.4) is 0 Å². The van der Waals surface area contributed by atoms with Crippen LogP contribution < -0.4 is 19.5 Å². The fraction of sp³-hybridized carbons (Fsp3) is 0.294. The Labute approximate surface area is 145 Å². The van der Waals surface area contributed by atoms with Gasteiger partial charge >= 0.3 is 0 Å². The van der Waals surface area contributed by atoms with Crippen molar-refractivity contribution in [1.82, 2.24) is 4.98 Å². The summed E-state index contributed by atoms with van der Waals surface area (Å²) >= 11 is 6.10. The van der Waals surface area contributed by atoms with Crippen LogP contribution in [0, 0.1) is 0 Å². The number of methoxy groups -OCH3 is 2. The predicted molar refractivity (Wildman–Crippen MR) is 92.5 cm³/mol. The van der Waals surface area contributed by atoms with E-state index in [0.29, 0.717) is 33.7 Å². The quantitative estimate of drug-likeness (QED) is 0.858. The number of anilines is 1. The van der Waals surface area contributed by atoms with Crippen LogP contribution in [-0.2, 0) is 0 Å². The Morgan fingerprint density at radius 3 is 2.42 bits per heavy atom. The lowest BCUT2D eigenvalue weighted by Crippen LogP contribution is -2.13. The van der Waals surface area contributed by atoms with Crippen LogP contribution >= 0.6 is 11.6 Å². The van der Waals surface area contributed by atoms with Gasteiger partial charge in [-0.3, -0.25) is 4.79 Å². The number of nitrogens with one attached hydrogen (secondary N) is 1. The highest BCUT2D eigenvalue weighted by Gasteiger charge is 2.14. The number of amides is 1. The van der Waals surface area contributed by atoms with E-state index in [1.54, 1.807) is 24.3 Å². The van der Waals surface area contributed by atoms with Crippen LogP contribution in [0.25, 0.3) is 0 Å². The molecule has 24 heavy (non-hydrogen) atoms. The summed E-state index contributed by atoms with van der Waals surface area (Å²) in [6, 6.07) is 6.46. The van der Waals surface area contributed by atoms with Crippen LogP contribution in [0.1, 0.15) is 24.2 Å². The molecule has 1 aromatic carbocycles. The van der Waals surface area contributed by atoms with E-state index < -0.39 is 0 Å². The molecular formula is C17H19ClN2O4. The average Bonchev–Trinajstić information content (AvgIpc) is 2.55. The second kappa shape index (κ2) is 7.88. The fourth-order valence-corrected chi connectivity index (χ4v) is 2.22. The first-order chi connectivity index (χ1) is 11.4. The van der Waals surface area contributed by atoms with Crippen LogP contribution in [0.15, 0.2) is 30.5 Å². The number of carbonyl (C=O) groups is 1. The van der Waals surface area contributed by atoms with Gasteiger partial charge in [-0.25, -0.2) is 4.98 Å². The molecule has 0 aliphatic carbocycles. The monoisotopic (exact) mass is 350 g/mol. The molecule has 128 valence electrons. The summed E-state index contributed by atoms with van der Waals surface area (Å²) in [6.45, 7) is 3.81. The minimum atomic E-state index is -0.335. The third kappa shape index (κ3) is 4.29. The summed E-state index contributed by atoms with van der Waals surface area (Å²) in [5.41, 5.74) is 0.830. The molecule has 0 bridgehead atoms. The van der Waals surface area contributed by atoms with Crippen molar-refractivity contribution in [2.45, 2.75) is 20.0 Å². The number of halogens is 1. The molecule has 6 nitrogen and oxygen atoms in total. The zero-order valence-corrected chi connectivity index (χ0v) is 14.7. The largest absolute Gasteiger partial charge is 0.495 e. The minimum absolute atomic E-state index is 0.0166. The molecule has 2 rings (SSSR count). The van der Waals surface area contributed by atoms with Gasteiger partial charge in [-0.1, -0.05) is 11.6 Å². The smallest absolute Gasteiger partial charge is 0.257 e. The van der Waals surface area contributed by atoms with E-state index in [1.165, 1.54) is 20.4 Å². The predicted octanol–water partition coefficient (Wildman–Crippen LogP) is 3.79. The summed E-state index contributed by atoms with van der Waals surface area (Å²) in [4.78, 5) is 16.5. The molecular weight excluding hydrogens is 332 g/mol. The second-order valence-electron chi connectivity index (χ2n) is 5.19. The summed E-state index contributed by atoms with van der Waals surface area (Å²) in [5, 5.41) is 3.11. The molecule has 1 amide bonds. The number of hydrogen-bond acceptors (Lipinski definition) is 5. The number of hydrogen-bond donors (Lipinski definition) is 1.